The normalized spacial score (nSPS) is 11.3. The number of aromatic nitrogens is 3. The Balaban J connectivity index is 2.60. The van der Waals surface area contributed by atoms with Crippen molar-refractivity contribution in [2.24, 2.45) is 5.73 Å². The molecule has 1 aromatic heterocycles. The highest BCUT2D eigenvalue weighted by Crippen LogP contribution is 2.09. The maximum absolute atomic E-state index is 12.0. The predicted octanol–water partition coefficient (Wildman–Crippen LogP) is -0.386. The molecule has 1 heterocycles. The minimum absolute atomic E-state index is 0.0536. The molecule has 0 aliphatic heterocycles. The second-order valence-corrected chi connectivity index (χ2v) is 5.34. The summed E-state index contributed by atoms with van der Waals surface area (Å²) in [4.78, 5) is 25.0. The van der Waals surface area contributed by atoms with Crippen molar-refractivity contribution in [3.05, 3.63) is 11.9 Å². The number of carbonyl (C=O) groups is 2. The van der Waals surface area contributed by atoms with Crippen molar-refractivity contribution in [3.63, 3.8) is 0 Å². The zero-order valence-corrected chi connectivity index (χ0v) is 13.1. The molecule has 8 nitrogen and oxygen atoms in total. The monoisotopic (exact) mass is 296 g/mol. The molecule has 3 N–H and O–H groups in total. The van der Waals surface area contributed by atoms with Crippen LogP contribution in [0.3, 0.4) is 0 Å². The van der Waals surface area contributed by atoms with Crippen molar-refractivity contribution >= 4 is 11.8 Å². The van der Waals surface area contributed by atoms with E-state index in [1.54, 1.807) is 14.1 Å². The third kappa shape index (κ3) is 4.82. The third-order valence-corrected chi connectivity index (χ3v) is 3.58. The Hall–Kier alpha value is -1.96. The summed E-state index contributed by atoms with van der Waals surface area (Å²) in [5, 5.41) is 10.3. The summed E-state index contributed by atoms with van der Waals surface area (Å²) >= 11 is 0. The molecule has 8 heteroatoms. The van der Waals surface area contributed by atoms with Crippen LogP contribution < -0.4 is 11.1 Å². The maximum atomic E-state index is 12.0. The largest absolute Gasteiger partial charge is 0.349 e. The molecule has 21 heavy (non-hydrogen) atoms. The summed E-state index contributed by atoms with van der Waals surface area (Å²) in [6.45, 7) is 4.40. The fourth-order valence-electron chi connectivity index (χ4n) is 1.61. The molecule has 0 radical (unpaired) electrons. The van der Waals surface area contributed by atoms with Gasteiger partial charge in [-0.3, -0.25) is 9.59 Å². The van der Waals surface area contributed by atoms with Gasteiger partial charge in [-0.2, -0.15) is 0 Å². The molecule has 0 unspecified atom stereocenters. The molecule has 0 spiro atoms. The van der Waals surface area contributed by atoms with Crippen LogP contribution in [0.2, 0.25) is 0 Å². The fourth-order valence-corrected chi connectivity index (χ4v) is 1.61. The lowest BCUT2D eigenvalue weighted by atomic mass is 9.94. The molecule has 2 amide bonds. The smallest absolute Gasteiger partial charge is 0.273 e. The van der Waals surface area contributed by atoms with Crippen LogP contribution in [-0.2, 0) is 11.3 Å². The highest BCUT2D eigenvalue weighted by Gasteiger charge is 2.22. The van der Waals surface area contributed by atoms with E-state index in [4.69, 9.17) is 5.73 Å². The summed E-state index contributed by atoms with van der Waals surface area (Å²) in [6.07, 6.45) is 2.99. The molecule has 0 bridgehead atoms. The third-order valence-electron chi connectivity index (χ3n) is 3.58. The van der Waals surface area contributed by atoms with E-state index in [0.717, 1.165) is 12.8 Å². The first-order valence-electron chi connectivity index (χ1n) is 6.98. The minimum Gasteiger partial charge on any atom is -0.349 e. The molecule has 1 rings (SSSR count). The molecule has 0 saturated heterocycles. The number of nitrogens with two attached hydrogens (primary N) is 1. The molecule has 118 valence electrons. The van der Waals surface area contributed by atoms with E-state index < -0.39 is 5.54 Å². The summed E-state index contributed by atoms with van der Waals surface area (Å²) in [5.41, 5.74) is 5.89. The quantitative estimate of drug-likeness (QED) is 0.713. The highest BCUT2D eigenvalue weighted by molar-refractivity contribution is 5.92. The van der Waals surface area contributed by atoms with Crippen molar-refractivity contribution in [2.45, 2.75) is 38.8 Å². The van der Waals surface area contributed by atoms with Gasteiger partial charge in [0.05, 0.1) is 6.20 Å². The number of hydrogen-bond donors (Lipinski definition) is 2. The lowest BCUT2D eigenvalue weighted by molar-refractivity contribution is -0.129. The van der Waals surface area contributed by atoms with Crippen LogP contribution in [0.5, 0.6) is 0 Å². The Labute approximate surface area is 124 Å². The van der Waals surface area contributed by atoms with E-state index in [-0.39, 0.29) is 24.1 Å². The summed E-state index contributed by atoms with van der Waals surface area (Å²) < 4.78 is 1.34. The average Bonchev–Trinajstić information content (AvgIpc) is 2.92. The van der Waals surface area contributed by atoms with Crippen molar-refractivity contribution in [2.75, 3.05) is 20.6 Å². The molecule has 0 aromatic carbocycles. The standard InChI is InChI=1S/C13H24N6O2/c1-5-13(14,6-2)9-15-12(21)10-7-19(17-16-10)8-11(20)18(3)4/h7H,5-6,8-9,14H2,1-4H3,(H,15,21). The molecular formula is C13H24N6O2. The van der Waals surface area contributed by atoms with Gasteiger partial charge in [-0.25, -0.2) is 4.68 Å². The number of likely N-dealkylation sites (N-methyl/N-ethyl adjacent to an activating group) is 1. The van der Waals surface area contributed by atoms with E-state index in [1.807, 2.05) is 13.8 Å². The molecule has 0 fully saturated rings. The van der Waals surface area contributed by atoms with Crippen molar-refractivity contribution in [1.29, 1.82) is 0 Å². The first-order chi connectivity index (χ1) is 9.81. The number of hydrogen-bond acceptors (Lipinski definition) is 5. The van der Waals surface area contributed by atoms with Gasteiger partial charge < -0.3 is 16.0 Å². The van der Waals surface area contributed by atoms with Crippen LogP contribution in [0.25, 0.3) is 0 Å². The minimum atomic E-state index is -0.410. The van der Waals surface area contributed by atoms with E-state index in [1.165, 1.54) is 15.8 Å². The van der Waals surface area contributed by atoms with Gasteiger partial charge in [-0.1, -0.05) is 19.1 Å². The van der Waals surface area contributed by atoms with Crippen molar-refractivity contribution in [3.8, 4) is 0 Å². The first kappa shape index (κ1) is 17.1. The summed E-state index contributed by atoms with van der Waals surface area (Å²) in [5.74, 6) is -0.458. The summed E-state index contributed by atoms with van der Waals surface area (Å²) in [7, 11) is 3.31. The topological polar surface area (TPSA) is 106 Å². The lowest BCUT2D eigenvalue weighted by Crippen LogP contribution is -2.49. The highest BCUT2D eigenvalue weighted by atomic mass is 16.2. The lowest BCUT2D eigenvalue weighted by Gasteiger charge is -2.26. The Morgan fingerprint density at radius 1 is 1.38 bits per heavy atom. The molecule has 1 aromatic rings. The van der Waals surface area contributed by atoms with E-state index in [0.29, 0.717) is 6.54 Å². The van der Waals surface area contributed by atoms with Crippen LogP contribution in [0, 0.1) is 0 Å². The molecule has 0 saturated carbocycles. The Kier molecular flexibility index (Phi) is 5.83. The van der Waals surface area contributed by atoms with E-state index in [2.05, 4.69) is 15.6 Å². The van der Waals surface area contributed by atoms with Gasteiger partial charge in [0.2, 0.25) is 5.91 Å². The van der Waals surface area contributed by atoms with E-state index >= 15 is 0 Å². The Morgan fingerprint density at radius 3 is 2.52 bits per heavy atom. The van der Waals surface area contributed by atoms with E-state index in [9.17, 15) is 9.59 Å². The molecular weight excluding hydrogens is 272 g/mol. The Morgan fingerprint density at radius 2 is 2.00 bits per heavy atom. The zero-order chi connectivity index (χ0) is 16.0. The number of rotatable bonds is 7. The molecule has 0 aliphatic rings. The SMILES string of the molecule is CCC(N)(CC)CNC(=O)c1cn(CC(=O)N(C)C)nn1. The molecule has 0 atom stereocenters. The first-order valence-corrected chi connectivity index (χ1v) is 6.98. The van der Waals surface area contributed by atoms with Gasteiger partial charge >= 0.3 is 0 Å². The maximum Gasteiger partial charge on any atom is 0.273 e. The number of carbonyl (C=O) groups excluding carboxylic acids is 2. The second kappa shape index (κ2) is 7.16. The molecule has 0 aliphatic carbocycles. The average molecular weight is 296 g/mol. The van der Waals surface area contributed by atoms with Crippen molar-refractivity contribution < 1.29 is 9.59 Å². The van der Waals surface area contributed by atoms with Gasteiger partial charge in [0, 0.05) is 26.2 Å². The number of amides is 2. The van der Waals surface area contributed by atoms with Gasteiger partial charge in [-0.15, -0.1) is 5.10 Å². The second-order valence-electron chi connectivity index (χ2n) is 5.34. The van der Waals surface area contributed by atoms with Gasteiger partial charge in [-0.05, 0) is 12.8 Å². The van der Waals surface area contributed by atoms with Gasteiger partial charge in [0.15, 0.2) is 5.69 Å². The van der Waals surface area contributed by atoms with Crippen LogP contribution in [0.4, 0.5) is 0 Å². The Bertz CT molecular complexity index is 493. The number of nitrogens with zero attached hydrogens (tertiary/aromatic N) is 4. The van der Waals surface area contributed by atoms with Gasteiger partial charge in [0.25, 0.3) is 5.91 Å². The summed E-state index contributed by atoms with van der Waals surface area (Å²) in [6, 6.07) is 0. The van der Waals surface area contributed by atoms with Crippen LogP contribution in [0.15, 0.2) is 6.20 Å². The zero-order valence-electron chi connectivity index (χ0n) is 13.1. The number of nitrogens with one attached hydrogen (secondary N) is 1. The van der Waals surface area contributed by atoms with Crippen LogP contribution in [-0.4, -0.2) is 57.9 Å². The van der Waals surface area contributed by atoms with Gasteiger partial charge in [0.1, 0.15) is 6.54 Å². The fraction of sp³-hybridized carbons (Fsp3) is 0.692. The predicted molar refractivity (Wildman–Crippen MR) is 78.5 cm³/mol. The van der Waals surface area contributed by atoms with Crippen LogP contribution >= 0.6 is 0 Å². The van der Waals surface area contributed by atoms with Crippen molar-refractivity contribution in [1.82, 2.24) is 25.2 Å². The van der Waals surface area contributed by atoms with Crippen LogP contribution in [0.1, 0.15) is 37.2 Å².